The van der Waals surface area contributed by atoms with Crippen LogP contribution in [-0.2, 0) is 9.84 Å². The van der Waals surface area contributed by atoms with Gasteiger partial charge in [-0.3, -0.25) is 4.79 Å². The Morgan fingerprint density at radius 3 is 2.46 bits per heavy atom. The van der Waals surface area contributed by atoms with Crippen LogP contribution >= 0.6 is 0 Å². The molecule has 0 bridgehead atoms. The minimum atomic E-state index is -3.38. The molecule has 2 aromatic carbocycles. The van der Waals surface area contributed by atoms with E-state index in [1.807, 2.05) is 12.1 Å². The van der Waals surface area contributed by atoms with Crippen molar-refractivity contribution in [3.8, 4) is 5.75 Å². The second-order valence-electron chi connectivity index (χ2n) is 6.84. The lowest BCUT2D eigenvalue weighted by Gasteiger charge is -2.31. The van der Waals surface area contributed by atoms with E-state index in [0.717, 1.165) is 5.39 Å². The molecule has 1 saturated heterocycles. The number of hydrogen-bond donors (Lipinski definition) is 0. The number of ether oxygens (including phenoxy) is 1. The lowest BCUT2D eigenvalue weighted by molar-refractivity contribution is 0.0695. The lowest BCUT2D eigenvalue weighted by Crippen LogP contribution is -2.42. The molecule has 1 aliphatic heterocycles. The molecule has 1 fully saturated rings. The maximum Gasteiger partial charge on any atom is 0.289 e. The van der Waals surface area contributed by atoms with Crippen molar-refractivity contribution in [3.63, 3.8) is 0 Å². The van der Waals surface area contributed by atoms with Gasteiger partial charge in [0.25, 0.3) is 5.91 Å². The number of piperidine rings is 1. The first-order chi connectivity index (χ1) is 13.5. The summed E-state index contributed by atoms with van der Waals surface area (Å²) in [7, 11) is -1.83. The number of para-hydroxylation sites is 1. The first-order valence-electron chi connectivity index (χ1n) is 9.15. The van der Waals surface area contributed by atoms with Crippen LogP contribution in [0.4, 0.5) is 0 Å². The van der Waals surface area contributed by atoms with Crippen molar-refractivity contribution >= 4 is 26.7 Å². The molecule has 146 valence electrons. The van der Waals surface area contributed by atoms with E-state index in [1.165, 1.54) is 0 Å². The van der Waals surface area contributed by atoms with E-state index in [2.05, 4.69) is 0 Å². The molecule has 1 amide bonds. The zero-order chi connectivity index (χ0) is 19.7. The van der Waals surface area contributed by atoms with E-state index in [4.69, 9.17) is 9.15 Å². The summed E-state index contributed by atoms with van der Waals surface area (Å²) in [6, 6.07) is 15.7. The molecule has 2 heterocycles. The standard InChI is InChI=1S/C21H21NO5S/c1-26-18-9-5-6-15-14-19(27-20(15)18)21(23)22-12-10-17(11-13-22)28(24,25)16-7-3-2-4-8-16/h2-9,14,17H,10-13H2,1H3. The molecule has 0 atom stereocenters. The number of carbonyl (C=O) groups is 1. The van der Waals surface area contributed by atoms with E-state index >= 15 is 0 Å². The molecule has 28 heavy (non-hydrogen) atoms. The van der Waals surface area contributed by atoms with Crippen molar-refractivity contribution < 1.29 is 22.4 Å². The van der Waals surface area contributed by atoms with Crippen LogP contribution in [0.3, 0.4) is 0 Å². The van der Waals surface area contributed by atoms with E-state index < -0.39 is 15.1 Å². The van der Waals surface area contributed by atoms with E-state index in [-0.39, 0.29) is 11.7 Å². The lowest BCUT2D eigenvalue weighted by atomic mass is 10.1. The minimum Gasteiger partial charge on any atom is -0.493 e. The summed E-state index contributed by atoms with van der Waals surface area (Å²) in [5, 5.41) is 0.318. The Morgan fingerprint density at radius 1 is 1.07 bits per heavy atom. The molecule has 1 aromatic heterocycles. The summed E-state index contributed by atoms with van der Waals surface area (Å²) >= 11 is 0. The van der Waals surface area contributed by atoms with Gasteiger partial charge in [0.2, 0.25) is 0 Å². The molecule has 1 aliphatic rings. The van der Waals surface area contributed by atoms with Gasteiger partial charge in [0.15, 0.2) is 26.9 Å². The molecule has 0 saturated carbocycles. The van der Waals surface area contributed by atoms with Crippen molar-refractivity contribution in [1.29, 1.82) is 0 Å². The first-order valence-corrected chi connectivity index (χ1v) is 10.7. The fourth-order valence-electron chi connectivity index (χ4n) is 3.63. The molecule has 0 radical (unpaired) electrons. The number of fused-ring (bicyclic) bond motifs is 1. The summed E-state index contributed by atoms with van der Waals surface area (Å²) in [5.41, 5.74) is 0.537. The fourth-order valence-corrected chi connectivity index (χ4v) is 5.38. The normalized spacial score (nSPS) is 15.7. The van der Waals surface area contributed by atoms with Crippen molar-refractivity contribution in [3.05, 3.63) is 60.4 Å². The number of amides is 1. The average Bonchev–Trinajstić information content (AvgIpc) is 3.18. The topological polar surface area (TPSA) is 76.8 Å². The maximum absolute atomic E-state index is 12.8. The molecule has 0 N–H and O–H groups in total. The summed E-state index contributed by atoms with van der Waals surface area (Å²) in [6.45, 7) is 0.757. The average molecular weight is 399 g/mol. The van der Waals surface area contributed by atoms with Gasteiger partial charge < -0.3 is 14.1 Å². The van der Waals surface area contributed by atoms with Gasteiger partial charge in [0.05, 0.1) is 17.3 Å². The van der Waals surface area contributed by atoms with Gasteiger partial charge in [-0.15, -0.1) is 0 Å². The molecule has 0 aliphatic carbocycles. The Labute approximate surface area is 163 Å². The predicted molar refractivity (Wildman–Crippen MR) is 105 cm³/mol. The Bertz CT molecular complexity index is 1100. The highest BCUT2D eigenvalue weighted by Crippen LogP contribution is 2.30. The fraction of sp³-hybridized carbons (Fsp3) is 0.286. The molecular weight excluding hydrogens is 378 g/mol. The molecule has 6 nitrogen and oxygen atoms in total. The Morgan fingerprint density at radius 2 is 1.79 bits per heavy atom. The van der Waals surface area contributed by atoms with Crippen LogP contribution in [0.15, 0.2) is 63.9 Å². The summed E-state index contributed by atoms with van der Waals surface area (Å²) in [5.74, 6) is 0.585. The van der Waals surface area contributed by atoms with Gasteiger partial charge >= 0.3 is 0 Å². The zero-order valence-electron chi connectivity index (χ0n) is 15.5. The number of benzene rings is 2. The molecule has 4 rings (SSSR count). The van der Waals surface area contributed by atoms with Crippen molar-refractivity contribution in [1.82, 2.24) is 4.90 Å². The van der Waals surface area contributed by atoms with Crippen LogP contribution in [0.25, 0.3) is 11.0 Å². The highest BCUT2D eigenvalue weighted by molar-refractivity contribution is 7.92. The third-order valence-electron chi connectivity index (χ3n) is 5.18. The number of nitrogens with zero attached hydrogens (tertiary/aromatic N) is 1. The van der Waals surface area contributed by atoms with Gasteiger partial charge in [-0.2, -0.15) is 0 Å². The number of furan rings is 1. The number of methoxy groups -OCH3 is 1. The Hall–Kier alpha value is -2.80. The SMILES string of the molecule is COc1cccc2cc(C(=O)N3CCC(S(=O)(=O)c4ccccc4)CC3)oc12. The molecule has 0 unspecified atom stereocenters. The largest absolute Gasteiger partial charge is 0.493 e. The van der Waals surface area contributed by atoms with E-state index in [0.29, 0.717) is 42.2 Å². The molecule has 0 spiro atoms. The molecular formula is C21H21NO5S. The second-order valence-corrected chi connectivity index (χ2v) is 9.07. The minimum absolute atomic E-state index is 0.228. The molecule has 3 aromatic rings. The number of hydrogen-bond acceptors (Lipinski definition) is 5. The highest BCUT2D eigenvalue weighted by atomic mass is 32.2. The van der Waals surface area contributed by atoms with E-state index in [1.54, 1.807) is 54.5 Å². The van der Waals surface area contributed by atoms with Crippen LogP contribution in [0.5, 0.6) is 5.75 Å². The third kappa shape index (κ3) is 3.26. The zero-order valence-corrected chi connectivity index (χ0v) is 16.3. The van der Waals surface area contributed by atoms with Crippen molar-refractivity contribution in [2.45, 2.75) is 23.0 Å². The Balaban J connectivity index is 1.49. The molecule has 7 heteroatoms. The third-order valence-corrected chi connectivity index (χ3v) is 7.46. The van der Waals surface area contributed by atoms with Crippen molar-refractivity contribution in [2.75, 3.05) is 20.2 Å². The first kappa shape index (κ1) is 18.6. The summed E-state index contributed by atoms with van der Waals surface area (Å²) in [6.07, 6.45) is 0.818. The van der Waals surface area contributed by atoms with Gasteiger partial charge in [-0.25, -0.2) is 8.42 Å². The number of rotatable bonds is 4. The van der Waals surface area contributed by atoms with Crippen LogP contribution in [0.2, 0.25) is 0 Å². The van der Waals surface area contributed by atoms with Crippen LogP contribution in [0, 0.1) is 0 Å². The monoisotopic (exact) mass is 399 g/mol. The van der Waals surface area contributed by atoms with Gasteiger partial charge in [-0.1, -0.05) is 30.3 Å². The smallest absolute Gasteiger partial charge is 0.289 e. The van der Waals surface area contributed by atoms with Crippen molar-refractivity contribution in [2.24, 2.45) is 0 Å². The summed E-state index contributed by atoms with van der Waals surface area (Å²) in [4.78, 5) is 14.8. The predicted octanol–water partition coefficient (Wildman–Crippen LogP) is 3.52. The number of sulfone groups is 1. The van der Waals surface area contributed by atoms with Gasteiger partial charge in [0.1, 0.15) is 0 Å². The quantitative estimate of drug-likeness (QED) is 0.671. The number of likely N-dealkylation sites (tertiary alicyclic amines) is 1. The van der Waals surface area contributed by atoms with Gasteiger partial charge in [0, 0.05) is 18.5 Å². The van der Waals surface area contributed by atoms with E-state index in [9.17, 15) is 13.2 Å². The van der Waals surface area contributed by atoms with Crippen LogP contribution in [0.1, 0.15) is 23.4 Å². The van der Waals surface area contributed by atoms with Crippen LogP contribution < -0.4 is 4.74 Å². The summed E-state index contributed by atoms with van der Waals surface area (Å²) < 4.78 is 36.6. The number of carbonyl (C=O) groups excluding carboxylic acids is 1. The Kier molecular flexibility index (Phi) is 4.85. The maximum atomic E-state index is 12.8. The van der Waals surface area contributed by atoms with Crippen LogP contribution in [-0.4, -0.2) is 44.7 Å². The second kappa shape index (κ2) is 7.31. The highest BCUT2D eigenvalue weighted by Gasteiger charge is 2.33. The van der Waals surface area contributed by atoms with Gasteiger partial charge in [-0.05, 0) is 37.1 Å².